The first-order chi connectivity index (χ1) is 16.6. The summed E-state index contributed by atoms with van der Waals surface area (Å²) in [5.74, 6) is -1.64. The van der Waals surface area contributed by atoms with E-state index in [0.29, 0.717) is 6.42 Å². The second kappa shape index (κ2) is 16.0. The van der Waals surface area contributed by atoms with Crippen LogP contribution in [0.15, 0.2) is 42.5 Å². The Morgan fingerprint density at radius 3 is 2.23 bits per heavy atom. The van der Waals surface area contributed by atoms with Crippen molar-refractivity contribution in [2.45, 2.75) is 64.1 Å². The summed E-state index contributed by atoms with van der Waals surface area (Å²) in [6, 6.07) is 8.52. The molecule has 0 aliphatic carbocycles. The van der Waals surface area contributed by atoms with Gasteiger partial charge in [-0.15, -0.1) is 0 Å². The van der Waals surface area contributed by atoms with E-state index in [-0.39, 0.29) is 31.5 Å². The maximum atomic E-state index is 12.5. The number of nitrogens with one attached hydrogen (secondary N) is 2. The molecular formula is C25H38N2O8. The number of carbonyl (C=O) groups is 3. The van der Waals surface area contributed by atoms with Crippen LogP contribution in [-0.2, 0) is 30.3 Å². The largest absolute Gasteiger partial charge is 0.464 e. The summed E-state index contributed by atoms with van der Waals surface area (Å²) in [6.45, 7) is 5.21. The first kappa shape index (κ1) is 30.2. The highest BCUT2D eigenvalue weighted by Crippen LogP contribution is 2.11. The second-order valence-corrected chi connectivity index (χ2v) is 8.48. The average molecular weight is 495 g/mol. The molecule has 1 aromatic carbocycles. The topological polar surface area (TPSA) is 154 Å². The van der Waals surface area contributed by atoms with Crippen molar-refractivity contribution in [3.05, 3.63) is 48.0 Å². The molecule has 1 rings (SSSR count). The molecule has 0 saturated heterocycles. The zero-order valence-electron chi connectivity index (χ0n) is 20.7. The zero-order chi connectivity index (χ0) is 26.4. The number of esters is 1. The molecule has 0 bridgehead atoms. The standard InChI is InChI=1S/C25H38N2O8/c1-16(2)10-12-19(28)21(30)22(31)23(34-4)25(33)27-17(3)24(32)26-14-15-35-20(29)13-11-18-8-6-5-7-9-18/h5-10,12,16-17,19,21-23,28,30-31H,11,13-15H2,1-4H3,(H,26,32)(H,27,33)/b12-10+/t17-,19+,21-,22+,23+/m0/s1. The average Bonchev–Trinajstić information content (AvgIpc) is 2.84. The van der Waals surface area contributed by atoms with Gasteiger partial charge in [-0.2, -0.15) is 0 Å². The molecule has 0 spiro atoms. The van der Waals surface area contributed by atoms with Gasteiger partial charge in [0.05, 0.1) is 6.54 Å². The molecule has 10 heteroatoms. The van der Waals surface area contributed by atoms with Crippen molar-refractivity contribution in [2.75, 3.05) is 20.3 Å². The van der Waals surface area contributed by atoms with E-state index in [1.54, 1.807) is 6.08 Å². The lowest BCUT2D eigenvalue weighted by atomic mass is 10.0. The predicted molar refractivity (Wildman–Crippen MR) is 129 cm³/mol. The van der Waals surface area contributed by atoms with E-state index in [9.17, 15) is 29.7 Å². The number of allylic oxidation sites excluding steroid dienone is 1. The number of amides is 2. The molecule has 35 heavy (non-hydrogen) atoms. The van der Waals surface area contributed by atoms with Gasteiger partial charge in [-0.3, -0.25) is 14.4 Å². The van der Waals surface area contributed by atoms with Crippen LogP contribution >= 0.6 is 0 Å². The lowest BCUT2D eigenvalue weighted by molar-refractivity contribution is -0.150. The van der Waals surface area contributed by atoms with Crippen LogP contribution in [0.5, 0.6) is 0 Å². The SMILES string of the molecule is CO[C@@H](C(=O)N[C@@H](C)C(=O)NCCOC(=O)CCc1ccccc1)[C@H](O)[C@@H](O)[C@H](O)/C=C/C(C)C. The highest BCUT2D eigenvalue weighted by molar-refractivity contribution is 5.89. The molecular weight excluding hydrogens is 456 g/mol. The van der Waals surface area contributed by atoms with Gasteiger partial charge in [-0.1, -0.05) is 56.3 Å². The summed E-state index contributed by atoms with van der Waals surface area (Å²) >= 11 is 0. The molecule has 10 nitrogen and oxygen atoms in total. The van der Waals surface area contributed by atoms with E-state index in [2.05, 4.69) is 10.6 Å². The highest BCUT2D eigenvalue weighted by Gasteiger charge is 2.36. The number of hydrogen-bond donors (Lipinski definition) is 5. The first-order valence-corrected chi connectivity index (χ1v) is 11.6. The maximum Gasteiger partial charge on any atom is 0.306 e. The van der Waals surface area contributed by atoms with Crippen molar-refractivity contribution < 1.29 is 39.2 Å². The van der Waals surface area contributed by atoms with Gasteiger partial charge in [-0.25, -0.2) is 0 Å². The van der Waals surface area contributed by atoms with Crippen LogP contribution in [0.4, 0.5) is 0 Å². The first-order valence-electron chi connectivity index (χ1n) is 11.6. The van der Waals surface area contributed by atoms with Gasteiger partial charge in [0.25, 0.3) is 5.91 Å². The maximum absolute atomic E-state index is 12.5. The van der Waals surface area contributed by atoms with Gasteiger partial charge in [0.1, 0.15) is 31.0 Å². The molecule has 5 N–H and O–H groups in total. The van der Waals surface area contributed by atoms with Crippen molar-refractivity contribution in [3.63, 3.8) is 0 Å². The molecule has 0 aromatic heterocycles. The van der Waals surface area contributed by atoms with Gasteiger partial charge < -0.3 is 35.4 Å². The smallest absolute Gasteiger partial charge is 0.306 e. The van der Waals surface area contributed by atoms with Crippen LogP contribution in [0.2, 0.25) is 0 Å². The second-order valence-electron chi connectivity index (χ2n) is 8.48. The lowest BCUT2D eigenvalue weighted by Gasteiger charge is -2.27. The minimum Gasteiger partial charge on any atom is -0.464 e. The quantitative estimate of drug-likeness (QED) is 0.131. The third-order valence-electron chi connectivity index (χ3n) is 5.09. The number of aliphatic hydroxyl groups excluding tert-OH is 3. The molecule has 0 radical (unpaired) electrons. The van der Waals surface area contributed by atoms with E-state index in [4.69, 9.17) is 9.47 Å². The molecule has 0 heterocycles. The Balaban J connectivity index is 2.41. The number of benzene rings is 1. The number of hydrogen-bond acceptors (Lipinski definition) is 8. The monoisotopic (exact) mass is 494 g/mol. The summed E-state index contributed by atoms with van der Waals surface area (Å²) in [7, 11) is 1.16. The summed E-state index contributed by atoms with van der Waals surface area (Å²) in [5.41, 5.74) is 1.02. The third kappa shape index (κ3) is 11.5. The number of carbonyl (C=O) groups excluding carboxylic acids is 3. The fraction of sp³-hybridized carbons (Fsp3) is 0.560. The Morgan fingerprint density at radius 2 is 1.63 bits per heavy atom. The van der Waals surface area contributed by atoms with Crippen LogP contribution in [0.1, 0.15) is 32.8 Å². The van der Waals surface area contributed by atoms with Crippen LogP contribution in [0, 0.1) is 5.92 Å². The van der Waals surface area contributed by atoms with E-state index < -0.39 is 42.3 Å². The number of methoxy groups -OCH3 is 1. The molecule has 2 amide bonds. The molecule has 0 aliphatic heterocycles. The summed E-state index contributed by atoms with van der Waals surface area (Å²) in [4.78, 5) is 36.5. The summed E-state index contributed by atoms with van der Waals surface area (Å²) in [5, 5.41) is 35.4. The molecule has 5 atom stereocenters. The highest BCUT2D eigenvalue weighted by atomic mass is 16.5. The van der Waals surface area contributed by atoms with Crippen LogP contribution in [0.3, 0.4) is 0 Å². The summed E-state index contributed by atoms with van der Waals surface area (Å²) < 4.78 is 10.1. The van der Waals surface area contributed by atoms with Crippen molar-refractivity contribution in [2.24, 2.45) is 5.92 Å². The minimum atomic E-state index is -1.74. The van der Waals surface area contributed by atoms with Gasteiger partial charge in [0.15, 0.2) is 6.10 Å². The Morgan fingerprint density at radius 1 is 0.971 bits per heavy atom. The van der Waals surface area contributed by atoms with Crippen LogP contribution in [-0.4, -0.2) is 83.8 Å². The number of aliphatic hydroxyl groups is 3. The van der Waals surface area contributed by atoms with E-state index in [0.717, 1.165) is 12.7 Å². The van der Waals surface area contributed by atoms with E-state index in [1.165, 1.54) is 13.0 Å². The minimum absolute atomic E-state index is 0.0204. The Kier molecular flexibility index (Phi) is 13.8. The normalized spacial score (nSPS) is 15.8. The fourth-order valence-electron chi connectivity index (χ4n) is 3.05. The molecule has 1 aromatic rings. The molecule has 0 fully saturated rings. The van der Waals surface area contributed by atoms with Crippen molar-refractivity contribution in [1.29, 1.82) is 0 Å². The molecule has 0 unspecified atom stereocenters. The Hall–Kier alpha value is -2.79. The number of aryl methyl sites for hydroxylation is 1. The van der Waals surface area contributed by atoms with Crippen LogP contribution in [0.25, 0.3) is 0 Å². The van der Waals surface area contributed by atoms with E-state index >= 15 is 0 Å². The number of ether oxygens (including phenoxy) is 2. The van der Waals surface area contributed by atoms with Gasteiger partial charge in [-0.05, 0) is 24.8 Å². The van der Waals surface area contributed by atoms with E-state index in [1.807, 2.05) is 44.2 Å². The van der Waals surface area contributed by atoms with Crippen molar-refractivity contribution in [1.82, 2.24) is 10.6 Å². The lowest BCUT2D eigenvalue weighted by Crippen LogP contribution is -2.55. The van der Waals surface area contributed by atoms with Gasteiger partial charge >= 0.3 is 5.97 Å². The fourth-order valence-corrected chi connectivity index (χ4v) is 3.05. The van der Waals surface area contributed by atoms with Gasteiger partial charge in [0, 0.05) is 13.5 Å². The van der Waals surface area contributed by atoms with Crippen LogP contribution < -0.4 is 10.6 Å². The number of rotatable bonds is 15. The zero-order valence-corrected chi connectivity index (χ0v) is 20.7. The molecule has 0 saturated carbocycles. The Labute approximate surface area is 206 Å². The predicted octanol–water partition coefficient (Wildman–Crippen LogP) is 0.0932. The molecule has 0 aliphatic rings. The van der Waals surface area contributed by atoms with Crippen molar-refractivity contribution in [3.8, 4) is 0 Å². The molecule has 196 valence electrons. The van der Waals surface area contributed by atoms with Crippen molar-refractivity contribution >= 4 is 17.8 Å². The van der Waals surface area contributed by atoms with Gasteiger partial charge in [0.2, 0.25) is 5.91 Å². The Bertz CT molecular complexity index is 815. The third-order valence-corrected chi connectivity index (χ3v) is 5.09. The summed E-state index contributed by atoms with van der Waals surface area (Å²) in [6.07, 6.45) is -2.59.